The first kappa shape index (κ1) is 17.9. The first-order chi connectivity index (χ1) is 13.5. The first-order valence-electron chi connectivity index (χ1n) is 9.10. The smallest absolute Gasteiger partial charge is 0.264 e. The SMILES string of the molecule is Cc1nc2ccccc2n1CCCNC(=O)Cn1cnc2c(cnn2C)c1=O. The highest BCUT2D eigenvalue weighted by Crippen LogP contribution is 2.15. The Kier molecular flexibility index (Phi) is 4.64. The van der Waals surface area contributed by atoms with Crippen molar-refractivity contribution in [3.8, 4) is 0 Å². The van der Waals surface area contributed by atoms with E-state index >= 15 is 0 Å². The van der Waals surface area contributed by atoms with Crippen molar-refractivity contribution < 1.29 is 4.79 Å². The van der Waals surface area contributed by atoms with E-state index in [1.165, 1.54) is 21.8 Å². The van der Waals surface area contributed by atoms with Gasteiger partial charge < -0.3 is 9.88 Å². The molecule has 9 heteroatoms. The van der Waals surface area contributed by atoms with Crippen molar-refractivity contribution in [1.29, 1.82) is 0 Å². The van der Waals surface area contributed by atoms with Gasteiger partial charge in [0, 0.05) is 20.1 Å². The molecule has 0 fully saturated rings. The van der Waals surface area contributed by atoms with E-state index in [2.05, 4.69) is 25.0 Å². The fourth-order valence-electron chi connectivity index (χ4n) is 3.33. The Balaban J connectivity index is 1.34. The number of amides is 1. The van der Waals surface area contributed by atoms with E-state index in [9.17, 15) is 9.59 Å². The van der Waals surface area contributed by atoms with Crippen LogP contribution in [0.4, 0.5) is 0 Å². The van der Waals surface area contributed by atoms with Crippen LogP contribution in [0, 0.1) is 6.92 Å². The maximum absolute atomic E-state index is 12.4. The van der Waals surface area contributed by atoms with Crippen LogP contribution in [-0.2, 0) is 24.9 Å². The predicted octanol–water partition coefficient (Wildman–Crippen LogP) is 0.995. The normalized spacial score (nSPS) is 11.4. The Morgan fingerprint density at radius 1 is 1.25 bits per heavy atom. The van der Waals surface area contributed by atoms with Crippen molar-refractivity contribution in [1.82, 2.24) is 34.2 Å². The molecule has 1 amide bonds. The molecule has 3 aromatic heterocycles. The number of carbonyl (C=O) groups is 1. The van der Waals surface area contributed by atoms with Gasteiger partial charge in [-0.3, -0.25) is 18.8 Å². The van der Waals surface area contributed by atoms with Crippen LogP contribution in [0.2, 0.25) is 0 Å². The van der Waals surface area contributed by atoms with Crippen LogP contribution in [0.5, 0.6) is 0 Å². The lowest BCUT2D eigenvalue weighted by atomic mass is 10.3. The number of fused-ring (bicyclic) bond motifs is 2. The Hall–Kier alpha value is -3.49. The standard InChI is InChI=1S/C19H21N7O2/c1-13-23-15-6-3-4-7-16(15)26(13)9-5-8-20-17(27)11-25-12-21-18-14(19(25)28)10-22-24(18)2/h3-4,6-7,10,12H,5,8-9,11H2,1-2H3,(H,20,27). The number of hydrogen-bond donors (Lipinski definition) is 1. The summed E-state index contributed by atoms with van der Waals surface area (Å²) in [5.74, 6) is 0.731. The van der Waals surface area contributed by atoms with Gasteiger partial charge in [-0.05, 0) is 25.5 Å². The van der Waals surface area contributed by atoms with Gasteiger partial charge in [-0.2, -0.15) is 5.10 Å². The molecule has 0 atom stereocenters. The topological polar surface area (TPSA) is 99.6 Å². The molecule has 0 bridgehead atoms. The molecular weight excluding hydrogens is 358 g/mol. The van der Waals surface area contributed by atoms with Crippen LogP contribution >= 0.6 is 0 Å². The molecule has 4 rings (SSSR count). The summed E-state index contributed by atoms with van der Waals surface area (Å²) in [6, 6.07) is 8.00. The van der Waals surface area contributed by atoms with E-state index in [0.29, 0.717) is 17.6 Å². The van der Waals surface area contributed by atoms with Crippen LogP contribution in [0.1, 0.15) is 12.2 Å². The third-order valence-electron chi connectivity index (χ3n) is 4.76. The summed E-state index contributed by atoms with van der Waals surface area (Å²) in [7, 11) is 1.72. The van der Waals surface area contributed by atoms with Crippen molar-refractivity contribution in [2.45, 2.75) is 26.4 Å². The molecule has 0 aliphatic carbocycles. The number of imidazole rings is 1. The summed E-state index contributed by atoms with van der Waals surface area (Å²) in [5.41, 5.74) is 2.30. The van der Waals surface area contributed by atoms with Gasteiger partial charge in [0.2, 0.25) is 5.91 Å². The zero-order chi connectivity index (χ0) is 19.7. The quantitative estimate of drug-likeness (QED) is 0.504. The van der Waals surface area contributed by atoms with Crippen LogP contribution in [0.25, 0.3) is 22.1 Å². The number of hydrogen-bond acceptors (Lipinski definition) is 5. The van der Waals surface area contributed by atoms with Crippen LogP contribution in [0.15, 0.2) is 41.6 Å². The minimum atomic E-state index is -0.270. The fraction of sp³-hybridized carbons (Fsp3) is 0.316. The summed E-state index contributed by atoms with van der Waals surface area (Å²) >= 11 is 0. The molecule has 144 valence electrons. The first-order valence-corrected chi connectivity index (χ1v) is 9.10. The van der Waals surface area contributed by atoms with E-state index in [1.807, 2.05) is 31.2 Å². The molecule has 0 saturated carbocycles. The second kappa shape index (κ2) is 7.26. The van der Waals surface area contributed by atoms with E-state index in [1.54, 1.807) is 7.05 Å². The van der Waals surface area contributed by atoms with Crippen LogP contribution in [0.3, 0.4) is 0 Å². The molecular formula is C19H21N7O2. The van der Waals surface area contributed by atoms with Crippen LogP contribution in [-0.4, -0.2) is 41.3 Å². The molecule has 0 aliphatic heterocycles. The molecule has 0 aliphatic rings. The molecule has 1 aromatic carbocycles. The highest BCUT2D eigenvalue weighted by molar-refractivity contribution is 5.77. The minimum absolute atomic E-state index is 0.0658. The van der Waals surface area contributed by atoms with Crippen molar-refractivity contribution in [3.05, 3.63) is 53.0 Å². The van der Waals surface area contributed by atoms with Crippen LogP contribution < -0.4 is 10.9 Å². The number of aromatic nitrogens is 6. The Bertz CT molecular complexity index is 1220. The van der Waals surface area contributed by atoms with E-state index < -0.39 is 0 Å². The van der Waals surface area contributed by atoms with Gasteiger partial charge in [0.1, 0.15) is 24.1 Å². The summed E-state index contributed by atoms with van der Waals surface area (Å²) in [5, 5.41) is 7.29. The highest BCUT2D eigenvalue weighted by atomic mass is 16.2. The monoisotopic (exact) mass is 379 g/mol. The Labute approximate surface area is 160 Å². The number of rotatable bonds is 6. The second-order valence-electron chi connectivity index (χ2n) is 6.69. The third kappa shape index (κ3) is 3.26. The molecule has 0 spiro atoms. The van der Waals surface area contributed by atoms with E-state index in [-0.39, 0.29) is 18.0 Å². The average Bonchev–Trinajstić information content (AvgIpc) is 3.21. The molecule has 0 saturated heterocycles. The lowest BCUT2D eigenvalue weighted by Crippen LogP contribution is -2.33. The fourth-order valence-corrected chi connectivity index (χ4v) is 3.33. The zero-order valence-corrected chi connectivity index (χ0v) is 15.8. The van der Waals surface area contributed by atoms with Gasteiger partial charge in [-0.15, -0.1) is 0 Å². The summed E-state index contributed by atoms with van der Waals surface area (Å²) in [6.45, 7) is 3.19. The number of carbonyl (C=O) groups excluding carboxylic acids is 1. The largest absolute Gasteiger partial charge is 0.354 e. The lowest BCUT2D eigenvalue weighted by Gasteiger charge is -2.09. The van der Waals surface area contributed by atoms with Gasteiger partial charge in [0.05, 0.1) is 17.2 Å². The minimum Gasteiger partial charge on any atom is -0.354 e. The number of nitrogens with one attached hydrogen (secondary N) is 1. The molecule has 28 heavy (non-hydrogen) atoms. The number of benzene rings is 1. The Morgan fingerprint density at radius 2 is 2.07 bits per heavy atom. The molecule has 4 aromatic rings. The second-order valence-corrected chi connectivity index (χ2v) is 6.69. The summed E-state index contributed by atoms with van der Waals surface area (Å²) in [4.78, 5) is 33.4. The molecule has 0 radical (unpaired) electrons. The third-order valence-corrected chi connectivity index (χ3v) is 4.76. The van der Waals surface area contributed by atoms with Gasteiger partial charge >= 0.3 is 0 Å². The number of aryl methyl sites for hydroxylation is 3. The summed E-state index contributed by atoms with van der Waals surface area (Å²) in [6.07, 6.45) is 3.62. The lowest BCUT2D eigenvalue weighted by molar-refractivity contribution is -0.121. The van der Waals surface area contributed by atoms with Crippen molar-refractivity contribution in [3.63, 3.8) is 0 Å². The molecule has 1 N–H and O–H groups in total. The van der Waals surface area contributed by atoms with Crippen molar-refractivity contribution >= 4 is 28.0 Å². The van der Waals surface area contributed by atoms with E-state index in [4.69, 9.17) is 0 Å². The van der Waals surface area contributed by atoms with Gasteiger partial charge in [-0.25, -0.2) is 9.97 Å². The van der Waals surface area contributed by atoms with Gasteiger partial charge in [0.15, 0.2) is 5.65 Å². The van der Waals surface area contributed by atoms with E-state index in [0.717, 1.165) is 29.8 Å². The maximum atomic E-state index is 12.4. The average molecular weight is 379 g/mol. The van der Waals surface area contributed by atoms with Crippen molar-refractivity contribution in [2.75, 3.05) is 6.54 Å². The number of para-hydroxylation sites is 2. The molecule has 0 unspecified atom stereocenters. The maximum Gasteiger partial charge on any atom is 0.264 e. The number of nitrogens with zero attached hydrogens (tertiary/aromatic N) is 6. The van der Waals surface area contributed by atoms with Crippen molar-refractivity contribution in [2.24, 2.45) is 7.05 Å². The highest BCUT2D eigenvalue weighted by Gasteiger charge is 2.11. The predicted molar refractivity (Wildman–Crippen MR) is 105 cm³/mol. The molecule has 3 heterocycles. The molecule has 9 nitrogen and oxygen atoms in total. The van der Waals surface area contributed by atoms with Gasteiger partial charge in [0.25, 0.3) is 5.56 Å². The zero-order valence-electron chi connectivity index (χ0n) is 15.8. The summed E-state index contributed by atoms with van der Waals surface area (Å²) < 4.78 is 4.97. The Morgan fingerprint density at radius 3 is 2.93 bits per heavy atom. The van der Waals surface area contributed by atoms with Gasteiger partial charge in [-0.1, -0.05) is 12.1 Å².